The topological polar surface area (TPSA) is 15.3 Å². The summed E-state index contributed by atoms with van der Waals surface area (Å²) in [7, 11) is 0. The summed E-state index contributed by atoms with van der Waals surface area (Å²) < 4.78 is 55.4. The summed E-state index contributed by atoms with van der Waals surface area (Å²) >= 11 is 0. The lowest BCUT2D eigenvalue weighted by Crippen LogP contribution is -2.45. The van der Waals surface area contributed by atoms with Crippen LogP contribution in [0.15, 0.2) is 6.07 Å². The molecule has 1 atom stereocenters. The van der Waals surface area contributed by atoms with E-state index in [1.165, 1.54) is 0 Å². The van der Waals surface area contributed by atoms with Crippen molar-refractivity contribution >= 4 is 24.8 Å². The Morgan fingerprint density at radius 1 is 0.958 bits per heavy atom. The van der Waals surface area contributed by atoms with Crippen LogP contribution in [0.5, 0.6) is 0 Å². The van der Waals surface area contributed by atoms with Crippen LogP contribution in [0.3, 0.4) is 0 Å². The average molecular weight is 391 g/mol. The molecule has 1 fully saturated rings. The molecule has 1 aromatic carbocycles. The van der Waals surface area contributed by atoms with Crippen LogP contribution in [0.4, 0.5) is 17.6 Å². The van der Waals surface area contributed by atoms with Crippen LogP contribution in [0.1, 0.15) is 38.3 Å². The molecule has 0 aromatic heterocycles. The lowest BCUT2D eigenvalue weighted by Gasteiger charge is -2.36. The van der Waals surface area contributed by atoms with Crippen LogP contribution in [0.25, 0.3) is 0 Å². The second-order valence-corrected chi connectivity index (χ2v) is 6.15. The minimum absolute atomic E-state index is 0. The fraction of sp³-hybridized carbons (Fsp3) is 0.625. The molecule has 140 valence electrons. The van der Waals surface area contributed by atoms with Crippen LogP contribution in [0, 0.1) is 29.2 Å². The number of benzene rings is 1. The normalized spacial score (nSPS) is 16.5. The third-order valence-corrected chi connectivity index (χ3v) is 4.09. The predicted octanol–water partition coefficient (Wildman–Crippen LogP) is 4.47. The summed E-state index contributed by atoms with van der Waals surface area (Å²) in [4.78, 5) is 1.90. The monoisotopic (exact) mass is 390 g/mol. The lowest BCUT2D eigenvalue weighted by molar-refractivity contribution is 0.151. The Balaban J connectivity index is 0.00000264. The molecule has 0 bridgehead atoms. The molecule has 0 spiro atoms. The summed E-state index contributed by atoms with van der Waals surface area (Å²) in [5.74, 6) is -4.87. The van der Waals surface area contributed by atoms with Gasteiger partial charge in [-0.1, -0.05) is 13.8 Å². The fourth-order valence-electron chi connectivity index (χ4n) is 2.88. The number of piperazine rings is 1. The van der Waals surface area contributed by atoms with Crippen LogP contribution in [-0.4, -0.2) is 31.1 Å². The van der Waals surface area contributed by atoms with Crippen LogP contribution in [-0.2, 0) is 0 Å². The van der Waals surface area contributed by atoms with Crippen molar-refractivity contribution in [2.24, 2.45) is 5.92 Å². The van der Waals surface area contributed by atoms with Gasteiger partial charge in [-0.05, 0) is 18.8 Å². The Labute approximate surface area is 152 Å². The molecule has 0 radical (unpaired) electrons. The van der Waals surface area contributed by atoms with Crippen molar-refractivity contribution in [3.8, 4) is 0 Å². The van der Waals surface area contributed by atoms with Gasteiger partial charge >= 0.3 is 0 Å². The van der Waals surface area contributed by atoms with Gasteiger partial charge in [0.15, 0.2) is 23.3 Å². The van der Waals surface area contributed by atoms with Gasteiger partial charge in [0.05, 0.1) is 0 Å². The zero-order chi connectivity index (χ0) is 16.3. The molecular formula is C16H24Cl2F4N2. The Hall–Kier alpha value is -0.560. The van der Waals surface area contributed by atoms with E-state index in [9.17, 15) is 17.6 Å². The van der Waals surface area contributed by atoms with Crippen molar-refractivity contribution < 1.29 is 17.6 Å². The Kier molecular flexibility index (Phi) is 10.2. The Morgan fingerprint density at radius 3 is 1.92 bits per heavy atom. The van der Waals surface area contributed by atoms with E-state index in [1.807, 2.05) is 18.7 Å². The maximum Gasteiger partial charge on any atom is 0.166 e. The van der Waals surface area contributed by atoms with Crippen molar-refractivity contribution in [3.63, 3.8) is 0 Å². The van der Waals surface area contributed by atoms with Gasteiger partial charge in [0.25, 0.3) is 0 Å². The summed E-state index contributed by atoms with van der Waals surface area (Å²) in [6, 6.07) is -0.375. The van der Waals surface area contributed by atoms with Crippen LogP contribution >= 0.6 is 24.8 Å². The van der Waals surface area contributed by atoms with E-state index in [2.05, 4.69) is 5.32 Å². The number of halogens is 6. The number of rotatable bonds is 5. The van der Waals surface area contributed by atoms with Gasteiger partial charge in [-0.25, -0.2) is 17.6 Å². The van der Waals surface area contributed by atoms with E-state index < -0.39 is 34.9 Å². The van der Waals surface area contributed by atoms with Gasteiger partial charge in [0.2, 0.25) is 0 Å². The first-order valence-corrected chi connectivity index (χ1v) is 7.69. The summed E-state index contributed by atoms with van der Waals surface area (Å²) in [5, 5.41) is 3.16. The predicted molar refractivity (Wildman–Crippen MR) is 92.0 cm³/mol. The second kappa shape index (κ2) is 10.4. The standard InChI is InChI=1S/C16H22F4N2.2ClH/c1-10(2)3-4-13(22-7-5-21-6-8-22)14-15(19)11(17)9-12(18)16(14)20;;/h9-10,13,21H,3-8H2,1-2H3;2*1H/t13-;;/m1../s1. The van der Waals surface area contributed by atoms with Crippen LogP contribution < -0.4 is 5.32 Å². The molecule has 1 aromatic rings. The first-order chi connectivity index (χ1) is 10.4. The minimum Gasteiger partial charge on any atom is -0.314 e. The van der Waals surface area contributed by atoms with Gasteiger partial charge in [-0.2, -0.15) is 0 Å². The molecule has 24 heavy (non-hydrogen) atoms. The molecule has 0 amide bonds. The highest BCUT2D eigenvalue weighted by atomic mass is 35.5. The summed E-state index contributed by atoms with van der Waals surface area (Å²) in [6.07, 6.45) is 1.19. The molecule has 1 aliphatic rings. The van der Waals surface area contributed by atoms with E-state index in [0.717, 1.165) is 6.42 Å². The van der Waals surface area contributed by atoms with Crippen LogP contribution in [0.2, 0.25) is 0 Å². The third-order valence-electron chi connectivity index (χ3n) is 4.09. The van der Waals surface area contributed by atoms with Gasteiger partial charge in [0.1, 0.15) is 0 Å². The van der Waals surface area contributed by atoms with E-state index in [0.29, 0.717) is 38.5 Å². The lowest BCUT2D eigenvalue weighted by atomic mass is 9.94. The fourth-order valence-corrected chi connectivity index (χ4v) is 2.88. The van der Waals surface area contributed by atoms with E-state index in [4.69, 9.17) is 0 Å². The molecule has 0 saturated carbocycles. The SMILES string of the molecule is CC(C)CC[C@H](c1c(F)c(F)cc(F)c1F)N1CCNCC1.Cl.Cl. The number of hydrogen-bond donors (Lipinski definition) is 1. The van der Waals surface area contributed by atoms with Crippen molar-refractivity contribution in [2.45, 2.75) is 32.7 Å². The highest BCUT2D eigenvalue weighted by Gasteiger charge is 2.30. The molecule has 2 nitrogen and oxygen atoms in total. The maximum atomic E-state index is 14.1. The van der Waals surface area contributed by atoms with E-state index in [1.54, 1.807) is 0 Å². The summed E-state index contributed by atoms with van der Waals surface area (Å²) in [5.41, 5.74) is -0.472. The van der Waals surface area contributed by atoms with Gasteiger partial charge in [-0.15, -0.1) is 24.8 Å². The smallest absolute Gasteiger partial charge is 0.166 e. The summed E-state index contributed by atoms with van der Waals surface area (Å²) in [6.45, 7) is 6.60. The van der Waals surface area contributed by atoms with Crippen molar-refractivity contribution in [3.05, 3.63) is 34.9 Å². The first-order valence-electron chi connectivity index (χ1n) is 7.69. The zero-order valence-corrected chi connectivity index (χ0v) is 15.4. The van der Waals surface area contributed by atoms with E-state index in [-0.39, 0.29) is 30.9 Å². The quantitative estimate of drug-likeness (QED) is 0.589. The van der Waals surface area contributed by atoms with E-state index >= 15 is 0 Å². The maximum absolute atomic E-state index is 14.1. The second-order valence-electron chi connectivity index (χ2n) is 6.15. The number of nitrogens with one attached hydrogen (secondary N) is 1. The van der Waals surface area contributed by atoms with Gasteiger partial charge < -0.3 is 5.32 Å². The van der Waals surface area contributed by atoms with Crippen molar-refractivity contribution in [1.82, 2.24) is 10.2 Å². The number of nitrogens with zero attached hydrogens (tertiary/aromatic N) is 1. The molecule has 0 aliphatic carbocycles. The molecule has 8 heteroatoms. The third kappa shape index (κ3) is 5.48. The first kappa shape index (κ1) is 23.4. The minimum atomic E-state index is -1.33. The molecule has 2 rings (SSSR count). The van der Waals surface area contributed by atoms with Gasteiger partial charge in [0, 0.05) is 43.9 Å². The molecule has 1 aliphatic heterocycles. The molecule has 1 saturated heterocycles. The van der Waals surface area contributed by atoms with Crippen molar-refractivity contribution in [2.75, 3.05) is 26.2 Å². The molecule has 1 heterocycles. The largest absolute Gasteiger partial charge is 0.314 e. The highest BCUT2D eigenvalue weighted by molar-refractivity contribution is 5.85. The average Bonchev–Trinajstić information content (AvgIpc) is 2.49. The molecular weight excluding hydrogens is 367 g/mol. The van der Waals surface area contributed by atoms with Gasteiger partial charge in [-0.3, -0.25) is 4.90 Å². The zero-order valence-electron chi connectivity index (χ0n) is 13.8. The highest BCUT2D eigenvalue weighted by Crippen LogP contribution is 2.33. The molecule has 1 N–H and O–H groups in total. The Bertz CT molecular complexity index is 497. The molecule has 0 unspecified atom stereocenters. The van der Waals surface area contributed by atoms with Crippen molar-refractivity contribution in [1.29, 1.82) is 0 Å². The Morgan fingerprint density at radius 2 is 1.46 bits per heavy atom. The number of hydrogen-bond acceptors (Lipinski definition) is 2.